The number of aromatic nitrogens is 2. The third-order valence-electron chi connectivity index (χ3n) is 10.9. The van der Waals surface area contributed by atoms with Crippen LogP contribution in [0.3, 0.4) is 0 Å². The summed E-state index contributed by atoms with van der Waals surface area (Å²) >= 11 is 0. The molecular weight excluding hydrogens is 597 g/mol. The van der Waals surface area contributed by atoms with Crippen LogP contribution >= 0.6 is 0 Å². The van der Waals surface area contributed by atoms with E-state index in [1.807, 2.05) is 0 Å². The third kappa shape index (κ3) is 3.11. The molecule has 0 N–H and O–H groups in total. The molecule has 10 aromatic rings. The van der Waals surface area contributed by atoms with Gasteiger partial charge >= 0.3 is 6.85 Å². The summed E-state index contributed by atoms with van der Waals surface area (Å²) in [4.78, 5) is 2.34. The highest BCUT2D eigenvalue weighted by atomic mass is 16.4. The van der Waals surface area contributed by atoms with Crippen molar-refractivity contribution in [1.29, 1.82) is 0 Å². The summed E-state index contributed by atoms with van der Waals surface area (Å²) in [6, 6.07) is 57.1. The minimum Gasteiger partial charge on any atom is -0.440 e. The van der Waals surface area contributed by atoms with Crippen LogP contribution in [-0.2, 0) is 0 Å². The molecule has 0 radical (unpaired) electrons. The van der Waals surface area contributed by atoms with Gasteiger partial charge < -0.3 is 13.5 Å². The van der Waals surface area contributed by atoms with Gasteiger partial charge in [-0.2, -0.15) is 0 Å². The topological polar surface area (TPSA) is 26.2 Å². The number of benzene rings is 7. The van der Waals surface area contributed by atoms with E-state index >= 15 is 0 Å². The Morgan fingerprint density at radius 1 is 0.490 bits per heavy atom. The van der Waals surface area contributed by atoms with Gasteiger partial charge in [0.05, 0.1) is 11.0 Å². The monoisotopic (exact) mass is 623 g/mol. The molecule has 49 heavy (non-hydrogen) atoms. The fourth-order valence-electron chi connectivity index (χ4n) is 9.07. The molecular formula is C44H26BN3O. The maximum atomic E-state index is 6.87. The first-order valence-electron chi connectivity index (χ1n) is 16.9. The molecule has 226 valence electrons. The number of furan rings is 1. The van der Waals surface area contributed by atoms with Crippen LogP contribution in [0.5, 0.6) is 0 Å². The Morgan fingerprint density at radius 2 is 1.16 bits per heavy atom. The number of rotatable bonds is 2. The number of hydrogen-bond donors (Lipinski definition) is 0. The Hall–Kier alpha value is -6.46. The normalized spacial score (nSPS) is 13.2. The first-order chi connectivity index (χ1) is 24.4. The molecule has 0 bridgehead atoms. The zero-order chi connectivity index (χ0) is 31.8. The molecule has 4 nitrogen and oxygen atoms in total. The van der Waals surface area contributed by atoms with E-state index in [1.54, 1.807) is 0 Å². The molecule has 7 aromatic carbocycles. The van der Waals surface area contributed by atoms with Crippen molar-refractivity contribution in [2.24, 2.45) is 0 Å². The van der Waals surface area contributed by atoms with Crippen molar-refractivity contribution in [3.63, 3.8) is 0 Å². The van der Waals surface area contributed by atoms with Crippen molar-refractivity contribution in [1.82, 2.24) is 9.05 Å². The third-order valence-corrected chi connectivity index (χ3v) is 10.9. The fraction of sp³-hybridized carbons (Fsp3) is 0. The zero-order valence-corrected chi connectivity index (χ0v) is 26.3. The number of nitrogens with zero attached hydrogens (tertiary/aromatic N) is 3. The molecule has 0 saturated carbocycles. The van der Waals surface area contributed by atoms with Crippen LogP contribution in [0, 0.1) is 0 Å². The van der Waals surface area contributed by atoms with Crippen LogP contribution in [0.2, 0.25) is 0 Å². The molecule has 3 aromatic heterocycles. The van der Waals surface area contributed by atoms with Gasteiger partial charge in [0, 0.05) is 66.1 Å². The standard InChI is InChI=1S/C44H26BN3O/c1-3-14-27(15-4-1)46-34-22-10-8-19-30(34)39-37(46)26-33-29-18-7-11-23-35(29)48-43(33)40(39)32-21-13-24-36-41(32)45(48)42-31-20-9-12-25-38(31)49-44(42)47(36)28-16-5-2-6-17-28/h1-26H. The van der Waals surface area contributed by atoms with Crippen molar-refractivity contribution in [2.75, 3.05) is 4.90 Å². The Kier molecular flexibility index (Phi) is 4.77. The lowest BCUT2D eigenvalue weighted by atomic mass is 9.45. The summed E-state index contributed by atoms with van der Waals surface area (Å²) in [5, 5.41) is 6.24. The molecule has 2 aliphatic heterocycles. The van der Waals surface area contributed by atoms with Crippen molar-refractivity contribution >= 4 is 89.6 Å². The summed E-state index contributed by atoms with van der Waals surface area (Å²) in [6.45, 7) is -0.0698. The molecule has 5 heterocycles. The SMILES string of the molecule is c1ccc(N2c3cccc4c3B(c3c2oc2ccccc32)n2c3ccccc3c3cc5c(c-4c32)c2ccccc2n5-c2ccccc2)cc1. The maximum absolute atomic E-state index is 6.87. The van der Waals surface area contributed by atoms with Gasteiger partial charge in [-0.1, -0.05) is 103 Å². The second-order valence-electron chi connectivity index (χ2n) is 13.2. The highest BCUT2D eigenvalue weighted by molar-refractivity contribution is 6.91. The molecule has 0 saturated heterocycles. The summed E-state index contributed by atoms with van der Waals surface area (Å²) < 4.78 is 12.0. The van der Waals surface area contributed by atoms with E-state index in [-0.39, 0.29) is 6.85 Å². The molecule has 2 aliphatic rings. The molecule has 0 fully saturated rings. The van der Waals surface area contributed by atoms with Gasteiger partial charge in [0.25, 0.3) is 0 Å². The number of hydrogen-bond acceptors (Lipinski definition) is 2. The summed E-state index contributed by atoms with van der Waals surface area (Å²) in [7, 11) is 0. The van der Waals surface area contributed by atoms with Gasteiger partial charge in [-0.15, -0.1) is 0 Å². The van der Waals surface area contributed by atoms with Crippen molar-refractivity contribution in [2.45, 2.75) is 0 Å². The minimum atomic E-state index is -0.0698. The van der Waals surface area contributed by atoms with Crippen molar-refractivity contribution in [3.8, 4) is 16.8 Å². The van der Waals surface area contributed by atoms with Gasteiger partial charge in [0.15, 0.2) is 0 Å². The summed E-state index contributed by atoms with van der Waals surface area (Å²) in [5.74, 6) is 0.887. The fourth-order valence-corrected chi connectivity index (χ4v) is 9.07. The van der Waals surface area contributed by atoms with Crippen molar-refractivity contribution in [3.05, 3.63) is 158 Å². The lowest BCUT2D eigenvalue weighted by molar-refractivity contribution is 0.622. The van der Waals surface area contributed by atoms with Gasteiger partial charge in [0.1, 0.15) is 5.58 Å². The van der Waals surface area contributed by atoms with Gasteiger partial charge in [-0.25, -0.2) is 0 Å². The predicted octanol–water partition coefficient (Wildman–Crippen LogP) is 10.1. The van der Waals surface area contributed by atoms with Crippen LogP contribution in [0.25, 0.3) is 71.4 Å². The first-order valence-corrected chi connectivity index (χ1v) is 16.9. The van der Waals surface area contributed by atoms with Gasteiger partial charge in [-0.3, -0.25) is 4.90 Å². The van der Waals surface area contributed by atoms with Crippen LogP contribution < -0.4 is 15.8 Å². The molecule has 0 aliphatic carbocycles. The average molecular weight is 624 g/mol. The van der Waals surface area contributed by atoms with E-state index in [1.165, 1.54) is 65.7 Å². The smallest absolute Gasteiger partial charge is 0.337 e. The quantitative estimate of drug-likeness (QED) is 0.179. The van der Waals surface area contributed by atoms with Crippen LogP contribution in [-0.4, -0.2) is 15.9 Å². The number of anilines is 3. The minimum absolute atomic E-state index is 0.0698. The zero-order valence-electron chi connectivity index (χ0n) is 26.3. The van der Waals surface area contributed by atoms with E-state index in [9.17, 15) is 0 Å². The lowest BCUT2D eigenvalue weighted by Crippen LogP contribution is -2.56. The highest BCUT2D eigenvalue weighted by Crippen LogP contribution is 2.50. The second-order valence-corrected chi connectivity index (χ2v) is 13.2. The number of para-hydroxylation sites is 5. The first kappa shape index (κ1) is 25.6. The Morgan fingerprint density at radius 3 is 1.98 bits per heavy atom. The van der Waals surface area contributed by atoms with E-state index in [4.69, 9.17) is 4.42 Å². The molecule has 0 atom stereocenters. The van der Waals surface area contributed by atoms with E-state index < -0.39 is 0 Å². The Balaban J connectivity index is 1.34. The second kappa shape index (κ2) is 9.12. The Labute approximate surface area is 281 Å². The molecule has 0 spiro atoms. The van der Waals surface area contributed by atoms with E-state index in [2.05, 4.69) is 172 Å². The van der Waals surface area contributed by atoms with Gasteiger partial charge in [-0.05, 0) is 65.6 Å². The van der Waals surface area contributed by atoms with Crippen LogP contribution in [0.1, 0.15) is 0 Å². The van der Waals surface area contributed by atoms with E-state index in [0.717, 1.165) is 33.9 Å². The summed E-state index contributed by atoms with van der Waals surface area (Å²) in [5.41, 5.74) is 14.4. The van der Waals surface area contributed by atoms with Crippen molar-refractivity contribution < 1.29 is 4.42 Å². The van der Waals surface area contributed by atoms with Gasteiger partial charge in [0.2, 0.25) is 5.88 Å². The molecule has 5 heteroatoms. The predicted molar refractivity (Wildman–Crippen MR) is 204 cm³/mol. The highest BCUT2D eigenvalue weighted by Gasteiger charge is 2.46. The Bertz CT molecular complexity index is 3010. The molecule has 0 unspecified atom stereocenters. The summed E-state index contributed by atoms with van der Waals surface area (Å²) in [6.07, 6.45) is 0. The van der Waals surface area contributed by atoms with E-state index in [0.29, 0.717) is 0 Å². The molecule has 12 rings (SSSR count). The average Bonchev–Trinajstić information content (AvgIpc) is 3.82. The number of fused-ring (bicyclic) bond motifs is 13. The largest absolute Gasteiger partial charge is 0.440 e. The van der Waals surface area contributed by atoms with Crippen LogP contribution in [0.4, 0.5) is 17.3 Å². The maximum Gasteiger partial charge on any atom is 0.337 e. The lowest BCUT2D eigenvalue weighted by Gasteiger charge is -2.38. The van der Waals surface area contributed by atoms with Crippen LogP contribution in [0.15, 0.2) is 162 Å². The molecule has 0 amide bonds.